The summed E-state index contributed by atoms with van der Waals surface area (Å²) in [6.07, 6.45) is 2.36. The van der Waals surface area contributed by atoms with Crippen LogP contribution in [0.25, 0.3) is 11.3 Å². The highest BCUT2D eigenvalue weighted by Gasteiger charge is 2.30. The quantitative estimate of drug-likeness (QED) is 0.930. The minimum atomic E-state index is -0.272. The molecular formula is C14H15BrFN3. The SMILES string of the molecule is CCn1c(C2CC2)nc(-c2ccc(F)cc2Br)c1N. The minimum absolute atomic E-state index is 0.272. The lowest BCUT2D eigenvalue weighted by Gasteiger charge is -2.06. The monoisotopic (exact) mass is 323 g/mol. The number of hydrogen-bond donors (Lipinski definition) is 1. The molecule has 0 saturated heterocycles. The number of imidazole rings is 1. The maximum atomic E-state index is 13.2. The van der Waals surface area contributed by atoms with Crippen molar-refractivity contribution in [2.75, 3.05) is 5.73 Å². The third-order valence-corrected chi connectivity index (χ3v) is 4.14. The molecule has 1 aliphatic carbocycles. The van der Waals surface area contributed by atoms with Crippen LogP contribution in [0.4, 0.5) is 10.2 Å². The van der Waals surface area contributed by atoms with Gasteiger partial charge in [0.1, 0.15) is 23.2 Å². The molecule has 0 radical (unpaired) electrons. The van der Waals surface area contributed by atoms with Crippen LogP contribution in [0, 0.1) is 5.82 Å². The lowest BCUT2D eigenvalue weighted by molar-refractivity contribution is 0.627. The fraction of sp³-hybridized carbons (Fsp3) is 0.357. The van der Waals surface area contributed by atoms with Crippen molar-refractivity contribution in [3.05, 3.63) is 34.3 Å². The van der Waals surface area contributed by atoms with Gasteiger partial charge in [-0.1, -0.05) is 0 Å². The van der Waals surface area contributed by atoms with Crippen molar-refractivity contribution in [1.82, 2.24) is 9.55 Å². The van der Waals surface area contributed by atoms with Crippen LogP contribution in [0.2, 0.25) is 0 Å². The van der Waals surface area contributed by atoms with E-state index in [2.05, 4.69) is 32.4 Å². The molecule has 1 aromatic heterocycles. The maximum Gasteiger partial charge on any atom is 0.131 e. The van der Waals surface area contributed by atoms with Gasteiger partial charge in [0.2, 0.25) is 0 Å². The van der Waals surface area contributed by atoms with E-state index >= 15 is 0 Å². The predicted molar refractivity (Wildman–Crippen MR) is 77.4 cm³/mol. The van der Waals surface area contributed by atoms with E-state index in [1.165, 1.54) is 25.0 Å². The number of halogens is 2. The molecular weight excluding hydrogens is 309 g/mol. The molecule has 0 aliphatic heterocycles. The average Bonchev–Trinajstić information content (AvgIpc) is 3.15. The Morgan fingerprint density at radius 1 is 1.47 bits per heavy atom. The van der Waals surface area contributed by atoms with Crippen LogP contribution in [0.5, 0.6) is 0 Å². The summed E-state index contributed by atoms with van der Waals surface area (Å²) in [7, 11) is 0. The van der Waals surface area contributed by atoms with Crippen molar-refractivity contribution < 1.29 is 4.39 Å². The molecule has 1 saturated carbocycles. The molecule has 19 heavy (non-hydrogen) atoms. The van der Waals surface area contributed by atoms with Crippen LogP contribution in [0.1, 0.15) is 31.5 Å². The summed E-state index contributed by atoms with van der Waals surface area (Å²) in [6.45, 7) is 2.87. The smallest absolute Gasteiger partial charge is 0.131 e. The number of benzene rings is 1. The van der Waals surface area contributed by atoms with Crippen LogP contribution in [0.3, 0.4) is 0 Å². The molecule has 1 fully saturated rings. The van der Waals surface area contributed by atoms with Gasteiger partial charge in [-0.15, -0.1) is 0 Å². The molecule has 5 heteroatoms. The Balaban J connectivity index is 2.14. The second kappa shape index (κ2) is 4.63. The maximum absolute atomic E-state index is 13.2. The second-order valence-corrected chi connectivity index (χ2v) is 5.70. The second-order valence-electron chi connectivity index (χ2n) is 4.85. The number of rotatable bonds is 3. The third-order valence-electron chi connectivity index (χ3n) is 3.48. The van der Waals surface area contributed by atoms with Crippen LogP contribution >= 0.6 is 15.9 Å². The molecule has 100 valence electrons. The summed E-state index contributed by atoms with van der Waals surface area (Å²) in [5, 5.41) is 0. The van der Waals surface area contributed by atoms with Gasteiger partial charge in [0, 0.05) is 22.5 Å². The van der Waals surface area contributed by atoms with Crippen molar-refractivity contribution in [2.24, 2.45) is 0 Å². The summed E-state index contributed by atoms with van der Waals surface area (Å²) in [5.74, 6) is 1.99. The van der Waals surface area contributed by atoms with Crippen LogP contribution in [-0.4, -0.2) is 9.55 Å². The molecule has 1 aromatic carbocycles. The molecule has 2 N–H and O–H groups in total. The molecule has 0 atom stereocenters. The van der Waals surface area contributed by atoms with Crippen molar-refractivity contribution in [3.63, 3.8) is 0 Å². The number of nitrogens with two attached hydrogens (primary N) is 1. The first-order valence-electron chi connectivity index (χ1n) is 6.43. The average molecular weight is 324 g/mol. The molecule has 0 unspecified atom stereocenters. The normalized spacial score (nSPS) is 14.9. The van der Waals surface area contributed by atoms with Gasteiger partial charge in [0.15, 0.2) is 0 Å². The Morgan fingerprint density at radius 2 is 2.21 bits per heavy atom. The van der Waals surface area contributed by atoms with Crippen LogP contribution in [-0.2, 0) is 6.54 Å². The van der Waals surface area contributed by atoms with Gasteiger partial charge < -0.3 is 10.3 Å². The lowest BCUT2D eigenvalue weighted by atomic mass is 10.1. The highest BCUT2D eigenvalue weighted by atomic mass is 79.9. The van der Waals surface area contributed by atoms with E-state index in [0.29, 0.717) is 16.2 Å². The Bertz CT molecular complexity index is 632. The third kappa shape index (κ3) is 2.16. The molecule has 0 amide bonds. The molecule has 1 aliphatic rings. The highest BCUT2D eigenvalue weighted by Crippen LogP contribution is 2.43. The fourth-order valence-corrected chi connectivity index (χ4v) is 2.89. The zero-order chi connectivity index (χ0) is 13.6. The van der Waals surface area contributed by atoms with Gasteiger partial charge in [0.25, 0.3) is 0 Å². The van der Waals surface area contributed by atoms with Crippen molar-refractivity contribution >= 4 is 21.7 Å². The van der Waals surface area contributed by atoms with Gasteiger partial charge in [-0.2, -0.15) is 0 Å². The largest absolute Gasteiger partial charge is 0.383 e. The van der Waals surface area contributed by atoms with E-state index in [4.69, 9.17) is 5.73 Å². The first-order valence-corrected chi connectivity index (χ1v) is 7.22. The lowest BCUT2D eigenvalue weighted by Crippen LogP contribution is -2.04. The summed E-state index contributed by atoms with van der Waals surface area (Å²) in [4.78, 5) is 4.69. The van der Waals surface area contributed by atoms with Gasteiger partial charge in [-0.25, -0.2) is 9.37 Å². The Morgan fingerprint density at radius 3 is 2.79 bits per heavy atom. The summed E-state index contributed by atoms with van der Waals surface area (Å²) >= 11 is 3.38. The van der Waals surface area contributed by atoms with Crippen molar-refractivity contribution in [1.29, 1.82) is 0 Å². The molecule has 3 nitrogen and oxygen atoms in total. The number of aromatic nitrogens is 2. The first-order chi connectivity index (χ1) is 9.11. The fourth-order valence-electron chi connectivity index (χ4n) is 2.35. The van der Waals surface area contributed by atoms with Gasteiger partial charge >= 0.3 is 0 Å². The van der Waals surface area contributed by atoms with Crippen molar-refractivity contribution in [2.45, 2.75) is 32.2 Å². The predicted octanol–water partition coefficient (Wildman–Crippen LogP) is 3.93. The van der Waals surface area contributed by atoms with Crippen LogP contribution < -0.4 is 5.73 Å². The number of nitrogen functional groups attached to an aromatic ring is 1. The van der Waals surface area contributed by atoms with Gasteiger partial charge in [-0.3, -0.25) is 0 Å². The van der Waals surface area contributed by atoms with Gasteiger partial charge in [0.05, 0.1) is 0 Å². The molecule has 0 spiro atoms. The molecule has 2 aromatic rings. The Kier molecular flexibility index (Phi) is 3.09. The first kappa shape index (κ1) is 12.7. The summed E-state index contributed by atoms with van der Waals surface area (Å²) < 4.78 is 15.9. The van der Waals surface area contributed by atoms with E-state index in [1.54, 1.807) is 6.07 Å². The molecule has 0 bridgehead atoms. The Labute approximate surface area is 119 Å². The van der Waals surface area contributed by atoms with E-state index < -0.39 is 0 Å². The van der Waals surface area contributed by atoms with Crippen molar-refractivity contribution in [3.8, 4) is 11.3 Å². The van der Waals surface area contributed by atoms with E-state index in [1.807, 2.05) is 0 Å². The molecule has 1 heterocycles. The highest BCUT2D eigenvalue weighted by molar-refractivity contribution is 9.10. The topological polar surface area (TPSA) is 43.8 Å². The summed E-state index contributed by atoms with van der Waals surface area (Å²) in [5.41, 5.74) is 7.79. The van der Waals surface area contributed by atoms with E-state index in [-0.39, 0.29) is 5.82 Å². The Hall–Kier alpha value is -1.36. The number of hydrogen-bond acceptors (Lipinski definition) is 2. The zero-order valence-electron chi connectivity index (χ0n) is 10.7. The minimum Gasteiger partial charge on any atom is -0.383 e. The van der Waals surface area contributed by atoms with Crippen LogP contribution in [0.15, 0.2) is 22.7 Å². The van der Waals surface area contributed by atoms with E-state index in [9.17, 15) is 4.39 Å². The summed E-state index contributed by atoms with van der Waals surface area (Å²) in [6, 6.07) is 4.59. The standard InChI is InChI=1S/C14H15BrFN3/c1-2-19-13(17)12(18-14(19)8-3-4-8)10-6-5-9(16)7-11(10)15/h5-8H,2-4,17H2,1H3. The number of nitrogens with zero attached hydrogens (tertiary/aromatic N) is 2. The number of anilines is 1. The molecule has 3 rings (SSSR count). The zero-order valence-corrected chi connectivity index (χ0v) is 12.2. The van der Waals surface area contributed by atoms with Gasteiger partial charge in [-0.05, 0) is 53.9 Å². The van der Waals surface area contributed by atoms with E-state index in [0.717, 1.165) is 23.6 Å².